The Morgan fingerprint density at radius 2 is 1.87 bits per heavy atom. The fourth-order valence-corrected chi connectivity index (χ4v) is 4.63. The number of benzene rings is 2. The number of hydrogen-bond donors (Lipinski definition) is 2. The van der Waals surface area contributed by atoms with Gasteiger partial charge in [-0.1, -0.05) is 25.3 Å². The lowest BCUT2D eigenvalue weighted by molar-refractivity contribution is -0.274. The van der Waals surface area contributed by atoms with Crippen molar-refractivity contribution in [1.82, 2.24) is 9.55 Å². The summed E-state index contributed by atoms with van der Waals surface area (Å²) in [4.78, 5) is 43.4. The van der Waals surface area contributed by atoms with Crippen LogP contribution < -0.4 is 20.7 Å². The minimum atomic E-state index is -4.90. The highest BCUT2D eigenvalue weighted by Gasteiger charge is 2.31. The molecule has 3 aromatic rings. The number of hydrogen-bond acceptors (Lipinski definition) is 5. The van der Waals surface area contributed by atoms with Crippen molar-refractivity contribution >= 4 is 40.4 Å². The van der Waals surface area contributed by atoms with Gasteiger partial charge in [0.1, 0.15) is 5.75 Å². The van der Waals surface area contributed by atoms with E-state index in [1.165, 1.54) is 12.1 Å². The number of primary amides is 1. The van der Waals surface area contributed by atoms with Crippen LogP contribution in [0.2, 0.25) is 0 Å². The molecule has 202 valence electrons. The van der Waals surface area contributed by atoms with Crippen molar-refractivity contribution < 1.29 is 32.3 Å². The molecule has 0 aliphatic heterocycles. The lowest BCUT2D eigenvalue weighted by atomic mass is 9.88. The third-order valence-electron chi connectivity index (χ3n) is 6.54. The SMILES string of the molecule is CN(C(=O)C1CCCCC1)c1ccc2c(c1)nc(NC(=O)c1cccc(OC(F)(F)F)c1)n2CCC(N)=O. The van der Waals surface area contributed by atoms with Gasteiger partial charge in [-0.3, -0.25) is 19.7 Å². The Balaban J connectivity index is 1.62. The number of nitrogens with zero attached hydrogens (tertiary/aromatic N) is 3. The number of rotatable bonds is 8. The minimum Gasteiger partial charge on any atom is -0.406 e. The average molecular weight is 532 g/mol. The molecule has 0 atom stereocenters. The summed E-state index contributed by atoms with van der Waals surface area (Å²) in [5, 5.41) is 2.60. The molecule has 3 N–H and O–H groups in total. The van der Waals surface area contributed by atoms with Gasteiger partial charge >= 0.3 is 6.36 Å². The van der Waals surface area contributed by atoms with Crippen LogP contribution in [0, 0.1) is 5.92 Å². The Morgan fingerprint density at radius 3 is 2.55 bits per heavy atom. The second-order valence-corrected chi connectivity index (χ2v) is 9.24. The Labute approximate surface area is 216 Å². The van der Waals surface area contributed by atoms with Gasteiger partial charge < -0.3 is 19.9 Å². The van der Waals surface area contributed by atoms with E-state index in [0.29, 0.717) is 16.7 Å². The molecule has 12 heteroatoms. The number of amides is 3. The zero-order chi connectivity index (χ0) is 27.4. The van der Waals surface area contributed by atoms with E-state index >= 15 is 0 Å². The van der Waals surface area contributed by atoms with Crippen LogP contribution in [0.25, 0.3) is 11.0 Å². The van der Waals surface area contributed by atoms with Crippen LogP contribution in [-0.2, 0) is 16.1 Å². The number of nitrogens with one attached hydrogen (secondary N) is 1. The first kappa shape index (κ1) is 27.0. The summed E-state index contributed by atoms with van der Waals surface area (Å²) in [6.45, 7) is 0.106. The van der Waals surface area contributed by atoms with Crippen LogP contribution in [0.4, 0.5) is 24.8 Å². The van der Waals surface area contributed by atoms with Crippen molar-refractivity contribution in [2.45, 2.75) is 51.4 Å². The molecule has 1 heterocycles. The summed E-state index contributed by atoms with van der Waals surface area (Å²) in [7, 11) is 1.71. The van der Waals surface area contributed by atoms with Crippen LogP contribution >= 0.6 is 0 Å². The second-order valence-electron chi connectivity index (χ2n) is 9.24. The van der Waals surface area contributed by atoms with Gasteiger partial charge in [-0.2, -0.15) is 0 Å². The topological polar surface area (TPSA) is 120 Å². The molecule has 0 spiro atoms. The van der Waals surface area contributed by atoms with Crippen LogP contribution in [0.1, 0.15) is 48.9 Å². The highest BCUT2D eigenvalue weighted by Crippen LogP contribution is 2.30. The summed E-state index contributed by atoms with van der Waals surface area (Å²) in [6.07, 6.45) is -0.0245. The van der Waals surface area contributed by atoms with Gasteiger partial charge in [-0.15, -0.1) is 13.2 Å². The van der Waals surface area contributed by atoms with Crippen LogP contribution in [0.3, 0.4) is 0 Å². The molecule has 2 aromatic carbocycles. The summed E-state index contributed by atoms with van der Waals surface area (Å²) < 4.78 is 43.2. The highest BCUT2D eigenvalue weighted by molar-refractivity contribution is 6.04. The highest BCUT2D eigenvalue weighted by atomic mass is 19.4. The Morgan fingerprint density at radius 1 is 1.13 bits per heavy atom. The second kappa shape index (κ2) is 11.1. The Hall–Kier alpha value is -4.09. The number of halogens is 3. The quantitative estimate of drug-likeness (QED) is 0.440. The van der Waals surface area contributed by atoms with E-state index in [4.69, 9.17) is 5.73 Å². The van der Waals surface area contributed by atoms with E-state index in [1.54, 1.807) is 34.7 Å². The summed E-state index contributed by atoms with van der Waals surface area (Å²) in [5.74, 6) is -1.74. The molecular formula is C26H28F3N5O4. The number of ether oxygens (including phenoxy) is 1. The van der Waals surface area contributed by atoms with Gasteiger partial charge in [0, 0.05) is 37.2 Å². The largest absolute Gasteiger partial charge is 0.573 e. The molecule has 1 fully saturated rings. The number of aryl methyl sites for hydroxylation is 1. The maximum atomic E-state index is 13.0. The first-order chi connectivity index (χ1) is 18.0. The van der Waals surface area contributed by atoms with E-state index in [9.17, 15) is 27.6 Å². The van der Waals surface area contributed by atoms with Crippen molar-refractivity contribution in [3.63, 3.8) is 0 Å². The molecule has 9 nitrogen and oxygen atoms in total. The van der Waals surface area contributed by atoms with E-state index in [-0.39, 0.29) is 36.3 Å². The molecule has 0 saturated heterocycles. The summed E-state index contributed by atoms with van der Waals surface area (Å²) in [6, 6.07) is 9.84. The summed E-state index contributed by atoms with van der Waals surface area (Å²) in [5.41, 5.74) is 6.90. The number of anilines is 2. The number of aromatic nitrogens is 2. The number of carbonyl (C=O) groups is 3. The van der Waals surface area contributed by atoms with E-state index < -0.39 is 23.9 Å². The smallest absolute Gasteiger partial charge is 0.406 e. The number of carbonyl (C=O) groups excluding carboxylic acids is 3. The number of alkyl halides is 3. The number of imidazole rings is 1. The van der Waals surface area contributed by atoms with Crippen molar-refractivity contribution in [2.75, 3.05) is 17.3 Å². The van der Waals surface area contributed by atoms with Crippen LogP contribution in [0.15, 0.2) is 42.5 Å². The summed E-state index contributed by atoms with van der Waals surface area (Å²) >= 11 is 0. The molecule has 1 aromatic heterocycles. The maximum absolute atomic E-state index is 13.0. The third kappa shape index (κ3) is 6.42. The van der Waals surface area contributed by atoms with Gasteiger partial charge in [0.2, 0.25) is 17.8 Å². The van der Waals surface area contributed by atoms with Crippen LogP contribution in [0.5, 0.6) is 5.75 Å². The fourth-order valence-electron chi connectivity index (χ4n) is 4.63. The average Bonchev–Trinajstić information content (AvgIpc) is 3.22. The van der Waals surface area contributed by atoms with Crippen molar-refractivity contribution in [3.8, 4) is 5.75 Å². The van der Waals surface area contributed by atoms with Crippen molar-refractivity contribution in [3.05, 3.63) is 48.0 Å². The molecule has 1 aliphatic carbocycles. The zero-order valence-electron chi connectivity index (χ0n) is 20.8. The number of nitrogens with two attached hydrogens (primary N) is 1. The van der Waals surface area contributed by atoms with E-state index in [2.05, 4.69) is 15.0 Å². The molecule has 3 amide bonds. The zero-order valence-corrected chi connectivity index (χ0v) is 20.8. The number of fused-ring (bicyclic) bond motifs is 1. The van der Waals surface area contributed by atoms with Crippen molar-refractivity contribution in [2.24, 2.45) is 11.7 Å². The molecule has 1 saturated carbocycles. The molecule has 0 unspecified atom stereocenters. The predicted molar refractivity (Wildman–Crippen MR) is 135 cm³/mol. The lowest BCUT2D eigenvalue weighted by Gasteiger charge is -2.26. The van der Waals surface area contributed by atoms with Gasteiger partial charge in [0.25, 0.3) is 5.91 Å². The van der Waals surface area contributed by atoms with Gasteiger partial charge in [-0.05, 0) is 49.2 Å². The van der Waals surface area contributed by atoms with Crippen molar-refractivity contribution in [1.29, 1.82) is 0 Å². The fraction of sp³-hybridized carbons (Fsp3) is 0.385. The molecule has 0 radical (unpaired) electrons. The van der Waals surface area contributed by atoms with E-state index in [0.717, 1.165) is 44.2 Å². The first-order valence-electron chi connectivity index (χ1n) is 12.2. The predicted octanol–water partition coefficient (Wildman–Crippen LogP) is 4.61. The van der Waals surface area contributed by atoms with Crippen LogP contribution in [-0.4, -0.2) is 40.7 Å². The Bertz CT molecular complexity index is 1350. The molecular weight excluding hydrogens is 503 g/mol. The van der Waals surface area contributed by atoms with Gasteiger partial charge in [-0.25, -0.2) is 4.98 Å². The monoisotopic (exact) mass is 531 g/mol. The first-order valence-corrected chi connectivity index (χ1v) is 12.2. The Kier molecular flexibility index (Phi) is 7.88. The van der Waals surface area contributed by atoms with E-state index in [1.807, 2.05) is 0 Å². The lowest BCUT2D eigenvalue weighted by Crippen LogP contribution is -2.33. The molecule has 4 rings (SSSR count). The molecule has 0 bridgehead atoms. The standard InChI is InChI=1S/C26H28F3N5O4/c1-33(24(37)16-6-3-2-4-7-16)18-10-11-21-20(15-18)31-25(34(21)13-12-22(30)35)32-23(36)17-8-5-9-19(14-17)38-26(27,28)29/h5,8-11,14-16H,2-4,6-7,12-13H2,1H3,(H2,30,35)(H,31,32,36). The minimum absolute atomic E-state index is 0.0236. The van der Waals surface area contributed by atoms with Gasteiger partial charge in [0.05, 0.1) is 11.0 Å². The normalized spacial score (nSPS) is 14.3. The van der Waals surface area contributed by atoms with Gasteiger partial charge in [0.15, 0.2) is 0 Å². The molecule has 1 aliphatic rings. The maximum Gasteiger partial charge on any atom is 0.573 e. The third-order valence-corrected chi connectivity index (χ3v) is 6.54. The molecule has 38 heavy (non-hydrogen) atoms.